The molecule has 0 saturated carbocycles. The van der Waals surface area contributed by atoms with Gasteiger partial charge in [-0.25, -0.2) is 4.85 Å². The van der Waals surface area contributed by atoms with Crippen LogP contribution in [0, 0.1) is 6.57 Å². The molecule has 0 fully saturated rings. The summed E-state index contributed by atoms with van der Waals surface area (Å²) in [5.41, 5.74) is 0.188. The van der Waals surface area contributed by atoms with Gasteiger partial charge in [0.15, 0.2) is 0 Å². The second-order valence-corrected chi connectivity index (χ2v) is 2.18. The molecule has 0 radical (unpaired) electrons. The van der Waals surface area contributed by atoms with Crippen molar-refractivity contribution in [3.05, 3.63) is 34.6 Å². The van der Waals surface area contributed by atoms with E-state index in [2.05, 4.69) is 4.85 Å². The van der Waals surface area contributed by atoms with Crippen LogP contribution in [-0.2, 0) is 0 Å². The minimum atomic E-state index is -0.0283. The Kier molecular flexibility index (Phi) is 1.79. The Bertz CT molecular complexity index is 290. The average Bonchev–Trinajstić information content (AvgIpc) is 1.94. The van der Waals surface area contributed by atoms with E-state index in [-0.39, 0.29) is 11.4 Å². The first-order valence-electron chi connectivity index (χ1n) is 2.60. The molecule has 0 aromatic heterocycles. The van der Waals surface area contributed by atoms with E-state index in [9.17, 15) is 0 Å². The standard InChI is InChI=1S/C7H4ClNO/c1-9-6-4-5(8)2-3-7(6)10/h2-4,10H. The molecule has 1 rings (SSSR count). The number of phenols is 1. The molecular weight excluding hydrogens is 150 g/mol. The minimum absolute atomic E-state index is 0.0283. The van der Waals surface area contributed by atoms with Gasteiger partial charge in [-0.1, -0.05) is 11.6 Å². The van der Waals surface area contributed by atoms with Crippen LogP contribution in [0.3, 0.4) is 0 Å². The first kappa shape index (κ1) is 6.91. The molecule has 1 N–H and O–H groups in total. The Hall–Kier alpha value is -1.20. The second kappa shape index (κ2) is 2.59. The van der Waals surface area contributed by atoms with Crippen LogP contribution < -0.4 is 0 Å². The van der Waals surface area contributed by atoms with E-state index in [1.807, 2.05) is 0 Å². The molecule has 0 saturated heterocycles. The van der Waals surface area contributed by atoms with Gasteiger partial charge in [-0.05, 0) is 18.2 Å². The van der Waals surface area contributed by atoms with Gasteiger partial charge in [0.05, 0.1) is 6.57 Å². The van der Waals surface area contributed by atoms with Gasteiger partial charge in [0.1, 0.15) is 5.75 Å². The number of nitrogens with zero attached hydrogens (tertiary/aromatic N) is 1. The van der Waals surface area contributed by atoms with Crippen molar-refractivity contribution in [2.45, 2.75) is 0 Å². The van der Waals surface area contributed by atoms with E-state index in [4.69, 9.17) is 23.3 Å². The van der Waals surface area contributed by atoms with Crippen LogP contribution in [0.25, 0.3) is 4.85 Å². The normalized spacial score (nSPS) is 8.80. The number of halogens is 1. The molecule has 0 aliphatic carbocycles. The lowest BCUT2D eigenvalue weighted by Gasteiger charge is -1.93. The van der Waals surface area contributed by atoms with Crippen LogP contribution in [-0.4, -0.2) is 5.11 Å². The van der Waals surface area contributed by atoms with Gasteiger partial charge in [-0.3, -0.25) is 0 Å². The minimum Gasteiger partial charge on any atom is -0.519 e. The predicted octanol–water partition coefficient (Wildman–Crippen LogP) is 2.60. The number of hydrogen-bond donors (Lipinski definition) is 1. The van der Waals surface area contributed by atoms with Gasteiger partial charge in [0.25, 0.3) is 0 Å². The molecule has 50 valence electrons. The fraction of sp³-hybridized carbons (Fsp3) is 0. The Balaban J connectivity index is 3.25. The lowest BCUT2D eigenvalue weighted by Crippen LogP contribution is -1.65. The smallest absolute Gasteiger partial charge is 0.229 e. The maximum atomic E-state index is 8.96. The van der Waals surface area contributed by atoms with Crippen molar-refractivity contribution in [3.63, 3.8) is 0 Å². The molecule has 0 bridgehead atoms. The third-order valence-electron chi connectivity index (χ3n) is 1.06. The first-order valence-corrected chi connectivity index (χ1v) is 2.98. The third-order valence-corrected chi connectivity index (χ3v) is 1.29. The largest absolute Gasteiger partial charge is 0.519 e. The molecule has 0 aliphatic heterocycles. The highest BCUT2D eigenvalue weighted by atomic mass is 35.5. The van der Waals surface area contributed by atoms with Crippen LogP contribution >= 0.6 is 11.6 Å². The van der Waals surface area contributed by atoms with Gasteiger partial charge in [0, 0.05) is 5.02 Å². The van der Waals surface area contributed by atoms with E-state index in [0.717, 1.165) is 0 Å². The van der Waals surface area contributed by atoms with Crippen molar-refractivity contribution in [1.29, 1.82) is 0 Å². The number of hydrogen-bond acceptors (Lipinski definition) is 1. The zero-order valence-electron chi connectivity index (χ0n) is 5.00. The molecule has 0 amide bonds. The highest BCUT2D eigenvalue weighted by Gasteiger charge is 1.98. The summed E-state index contributed by atoms with van der Waals surface area (Å²) < 4.78 is 0. The zero-order valence-corrected chi connectivity index (χ0v) is 5.76. The number of benzene rings is 1. The quantitative estimate of drug-likeness (QED) is 0.570. The number of phenolic OH excluding ortho intramolecular Hbond substituents is 1. The van der Waals surface area contributed by atoms with Crippen molar-refractivity contribution >= 4 is 17.3 Å². The predicted molar refractivity (Wildman–Crippen MR) is 39.4 cm³/mol. The fourth-order valence-electron chi connectivity index (χ4n) is 0.586. The molecule has 3 heteroatoms. The summed E-state index contributed by atoms with van der Waals surface area (Å²) in [4.78, 5) is 3.05. The zero-order chi connectivity index (χ0) is 7.56. The summed E-state index contributed by atoms with van der Waals surface area (Å²) in [6.07, 6.45) is 0. The topological polar surface area (TPSA) is 24.6 Å². The molecule has 0 atom stereocenters. The van der Waals surface area contributed by atoms with Crippen molar-refractivity contribution in [2.24, 2.45) is 0 Å². The summed E-state index contributed by atoms with van der Waals surface area (Å²) in [5, 5.41) is 9.42. The molecule has 0 aliphatic rings. The molecule has 0 heterocycles. The molecule has 0 unspecified atom stereocenters. The number of aromatic hydroxyl groups is 1. The van der Waals surface area contributed by atoms with Crippen molar-refractivity contribution in [2.75, 3.05) is 0 Å². The van der Waals surface area contributed by atoms with Gasteiger partial charge >= 0.3 is 0 Å². The average molecular weight is 154 g/mol. The molecule has 0 spiro atoms. The monoisotopic (exact) mass is 153 g/mol. The Morgan fingerprint density at radius 3 is 2.70 bits per heavy atom. The van der Waals surface area contributed by atoms with Crippen LogP contribution in [0.5, 0.6) is 5.75 Å². The second-order valence-electron chi connectivity index (χ2n) is 1.74. The van der Waals surface area contributed by atoms with E-state index >= 15 is 0 Å². The Morgan fingerprint density at radius 2 is 2.20 bits per heavy atom. The van der Waals surface area contributed by atoms with Crippen LogP contribution in [0.1, 0.15) is 0 Å². The molecule has 1 aromatic carbocycles. The fourth-order valence-corrected chi connectivity index (χ4v) is 0.752. The van der Waals surface area contributed by atoms with Crippen molar-refractivity contribution in [3.8, 4) is 5.75 Å². The van der Waals surface area contributed by atoms with E-state index in [0.29, 0.717) is 5.02 Å². The van der Waals surface area contributed by atoms with Crippen molar-refractivity contribution in [1.82, 2.24) is 0 Å². The summed E-state index contributed by atoms with van der Waals surface area (Å²) >= 11 is 5.54. The Morgan fingerprint density at radius 1 is 1.50 bits per heavy atom. The van der Waals surface area contributed by atoms with Crippen molar-refractivity contribution < 1.29 is 5.11 Å². The third kappa shape index (κ3) is 1.20. The van der Waals surface area contributed by atoms with Gasteiger partial charge < -0.3 is 5.11 Å². The highest BCUT2D eigenvalue weighted by molar-refractivity contribution is 6.30. The summed E-state index contributed by atoms with van der Waals surface area (Å²) in [5.74, 6) is -0.0283. The van der Waals surface area contributed by atoms with Crippen LogP contribution in [0.2, 0.25) is 5.02 Å². The summed E-state index contributed by atoms with van der Waals surface area (Å²) in [6.45, 7) is 6.59. The van der Waals surface area contributed by atoms with E-state index in [1.54, 1.807) is 0 Å². The van der Waals surface area contributed by atoms with Crippen LogP contribution in [0.4, 0.5) is 5.69 Å². The first-order chi connectivity index (χ1) is 4.74. The molecule has 2 nitrogen and oxygen atoms in total. The van der Waals surface area contributed by atoms with Crippen LogP contribution in [0.15, 0.2) is 18.2 Å². The highest BCUT2D eigenvalue weighted by Crippen LogP contribution is 2.28. The summed E-state index contributed by atoms with van der Waals surface area (Å²) in [6, 6.07) is 4.35. The SMILES string of the molecule is [C-]#[N+]c1cc(Cl)ccc1O. The van der Waals surface area contributed by atoms with Gasteiger partial charge in [-0.15, -0.1) is 0 Å². The van der Waals surface area contributed by atoms with E-state index < -0.39 is 0 Å². The summed E-state index contributed by atoms with van der Waals surface area (Å²) in [7, 11) is 0. The molecule has 10 heavy (non-hydrogen) atoms. The Labute approximate surface area is 63.5 Å². The molecule has 1 aromatic rings. The molecular formula is C7H4ClNO. The van der Waals surface area contributed by atoms with Gasteiger partial charge in [-0.2, -0.15) is 0 Å². The lowest BCUT2D eigenvalue weighted by atomic mass is 10.3. The lowest BCUT2D eigenvalue weighted by molar-refractivity contribution is 0.478. The maximum Gasteiger partial charge on any atom is 0.229 e. The van der Waals surface area contributed by atoms with Gasteiger partial charge in [0.2, 0.25) is 5.69 Å². The number of rotatable bonds is 0. The van der Waals surface area contributed by atoms with E-state index in [1.165, 1.54) is 18.2 Å². The maximum absolute atomic E-state index is 8.96.